The molecule has 1 rings (SSSR count). The summed E-state index contributed by atoms with van der Waals surface area (Å²) in [5, 5.41) is 8.77. The van der Waals surface area contributed by atoms with E-state index in [1.807, 2.05) is 0 Å². The van der Waals surface area contributed by atoms with Crippen LogP contribution in [0.1, 0.15) is 26.3 Å². The first kappa shape index (κ1) is 13.1. The van der Waals surface area contributed by atoms with Crippen LogP contribution in [0.2, 0.25) is 0 Å². The minimum atomic E-state index is -3.59. The highest BCUT2D eigenvalue weighted by atomic mass is 32.2. The molecule has 2 N–H and O–H groups in total. The van der Waals surface area contributed by atoms with Gasteiger partial charge < -0.3 is 5.11 Å². The highest BCUT2D eigenvalue weighted by Gasteiger charge is 2.22. The fourth-order valence-corrected chi connectivity index (χ4v) is 2.47. The Morgan fingerprint density at radius 2 is 2.00 bits per heavy atom. The molecule has 0 fully saturated rings. The lowest BCUT2D eigenvalue weighted by atomic mass is 10.1. The molecule has 1 aromatic heterocycles. The topological polar surface area (TPSA) is 79.3 Å². The van der Waals surface area contributed by atoms with Crippen LogP contribution >= 0.6 is 0 Å². The lowest BCUT2D eigenvalue weighted by molar-refractivity contribution is 0.281. The van der Waals surface area contributed by atoms with Gasteiger partial charge in [0.25, 0.3) is 10.0 Å². The number of sulfonamides is 1. The molecule has 0 saturated heterocycles. The van der Waals surface area contributed by atoms with Crippen LogP contribution in [0, 0.1) is 0 Å². The van der Waals surface area contributed by atoms with Crippen molar-refractivity contribution < 1.29 is 13.5 Å². The molecule has 0 aliphatic rings. The zero-order chi connectivity index (χ0) is 12.4. The van der Waals surface area contributed by atoms with Gasteiger partial charge in [-0.15, -0.1) is 0 Å². The van der Waals surface area contributed by atoms with Gasteiger partial charge in [-0.2, -0.15) is 0 Å². The molecule has 0 aliphatic heterocycles. The standard InChI is InChI=1S/C10H16N2O3S/c1-10(2,3)12-16(14,15)9-5-4-8(7-13)6-11-9/h4-6,12-13H,7H2,1-3H3. The lowest BCUT2D eigenvalue weighted by Gasteiger charge is -2.19. The van der Waals surface area contributed by atoms with E-state index in [2.05, 4.69) is 9.71 Å². The molecule has 0 aromatic carbocycles. The van der Waals surface area contributed by atoms with Crippen molar-refractivity contribution in [3.63, 3.8) is 0 Å². The second kappa shape index (κ2) is 4.48. The minimum Gasteiger partial charge on any atom is -0.392 e. The van der Waals surface area contributed by atoms with E-state index in [0.29, 0.717) is 5.56 Å². The second-order valence-electron chi connectivity index (χ2n) is 4.52. The number of aromatic nitrogens is 1. The molecular formula is C10H16N2O3S. The number of aliphatic hydroxyl groups excluding tert-OH is 1. The summed E-state index contributed by atoms with van der Waals surface area (Å²) < 4.78 is 26.1. The molecule has 0 radical (unpaired) electrons. The van der Waals surface area contributed by atoms with Gasteiger partial charge in [-0.05, 0) is 32.4 Å². The molecule has 0 aliphatic carbocycles. The van der Waals surface area contributed by atoms with Crippen molar-refractivity contribution in [2.24, 2.45) is 0 Å². The summed E-state index contributed by atoms with van der Waals surface area (Å²) in [6.07, 6.45) is 1.34. The average molecular weight is 244 g/mol. The fourth-order valence-electron chi connectivity index (χ4n) is 1.12. The normalized spacial score (nSPS) is 12.8. The first-order valence-electron chi connectivity index (χ1n) is 4.84. The molecule has 0 spiro atoms. The summed E-state index contributed by atoms with van der Waals surface area (Å²) in [6.45, 7) is 5.12. The first-order chi connectivity index (χ1) is 7.24. The summed E-state index contributed by atoms with van der Waals surface area (Å²) in [5.41, 5.74) is 0.0330. The smallest absolute Gasteiger partial charge is 0.258 e. The molecule has 6 heteroatoms. The molecule has 0 atom stereocenters. The molecule has 0 amide bonds. The second-order valence-corrected chi connectivity index (χ2v) is 6.15. The van der Waals surface area contributed by atoms with Gasteiger partial charge in [-0.25, -0.2) is 18.1 Å². The van der Waals surface area contributed by atoms with Crippen molar-refractivity contribution in [1.82, 2.24) is 9.71 Å². The van der Waals surface area contributed by atoms with Gasteiger partial charge >= 0.3 is 0 Å². The van der Waals surface area contributed by atoms with Gasteiger partial charge in [0.1, 0.15) is 0 Å². The van der Waals surface area contributed by atoms with E-state index in [1.54, 1.807) is 20.8 Å². The number of aliphatic hydroxyl groups is 1. The Morgan fingerprint density at radius 3 is 2.38 bits per heavy atom. The monoisotopic (exact) mass is 244 g/mol. The Kier molecular flexibility index (Phi) is 3.67. The number of pyridine rings is 1. The van der Waals surface area contributed by atoms with E-state index in [9.17, 15) is 8.42 Å². The van der Waals surface area contributed by atoms with Crippen molar-refractivity contribution in [2.75, 3.05) is 0 Å². The number of rotatable bonds is 3. The van der Waals surface area contributed by atoms with E-state index < -0.39 is 15.6 Å². The van der Waals surface area contributed by atoms with Crippen LogP contribution in [0.15, 0.2) is 23.4 Å². The number of hydrogen-bond donors (Lipinski definition) is 2. The Hall–Kier alpha value is -0.980. The molecule has 90 valence electrons. The van der Waals surface area contributed by atoms with E-state index in [4.69, 9.17) is 5.11 Å². The van der Waals surface area contributed by atoms with Crippen LogP contribution in [-0.2, 0) is 16.6 Å². The van der Waals surface area contributed by atoms with Crippen molar-refractivity contribution >= 4 is 10.0 Å². The highest BCUT2D eigenvalue weighted by Crippen LogP contribution is 2.10. The van der Waals surface area contributed by atoms with Crippen molar-refractivity contribution in [3.8, 4) is 0 Å². The Morgan fingerprint density at radius 1 is 1.38 bits per heavy atom. The maximum Gasteiger partial charge on any atom is 0.258 e. The maximum atomic E-state index is 11.8. The predicted octanol–water partition coefficient (Wildman–Crippen LogP) is 0.651. The summed E-state index contributed by atoms with van der Waals surface area (Å²) in [6, 6.07) is 2.91. The molecule has 1 heterocycles. The van der Waals surface area contributed by atoms with Crippen LogP contribution in [0.4, 0.5) is 0 Å². The molecule has 1 aromatic rings. The zero-order valence-corrected chi connectivity index (χ0v) is 10.4. The van der Waals surface area contributed by atoms with Crippen molar-refractivity contribution in [3.05, 3.63) is 23.9 Å². The van der Waals surface area contributed by atoms with Crippen LogP contribution in [0.25, 0.3) is 0 Å². The number of nitrogens with one attached hydrogen (secondary N) is 1. The summed E-state index contributed by atoms with van der Waals surface area (Å²) in [5.74, 6) is 0. The van der Waals surface area contributed by atoms with Gasteiger partial charge in [0.15, 0.2) is 5.03 Å². The van der Waals surface area contributed by atoms with Crippen LogP contribution in [0.5, 0.6) is 0 Å². The maximum absolute atomic E-state index is 11.8. The van der Waals surface area contributed by atoms with Gasteiger partial charge in [0.05, 0.1) is 6.61 Å². The van der Waals surface area contributed by atoms with E-state index in [-0.39, 0.29) is 11.6 Å². The minimum absolute atomic E-state index is 0.0420. The van der Waals surface area contributed by atoms with Crippen molar-refractivity contribution in [1.29, 1.82) is 0 Å². The van der Waals surface area contributed by atoms with Crippen molar-refractivity contribution in [2.45, 2.75) is 37.9 Å². The quantitative estimate of drug-likeness (QED) is 0.818. The van der Waals surface area contributed by atoms with Gasteiger partial charge in [-0.3, -0.25) is 0 Å². The van der Waals surface area contributed by atoms with E-state index in [1.165, 1.54) is 18.3 Å². The van der Waals surface area contributed by atoms with Gasteiger partial charge in [-0.1, -0.05) is 6.07 Å². The fraction of sp³-hybridized carbons (Fsp3) is 0.500. The van der Waals surface area contributed by atoms with Crippen LogP contribution < -0.4 is 4.72 Å². The van der Waals surface area contributed by atoms with Gasteiger partial charge in [0.2, 0.25) is 0 Å². The molecule has 16 heavy (non-hydrogen) atoms. The lowest BCUT2D eigenvalue weighted by Crippen LogP contribution is -2.40. The summed E-state index contributed by atoms with van der Waals surface area (Å²) in [4.78, 5) is 3.79. The largest absolute Gasteiger partial charge is 0.392 e. The third kappa shape index (κ3) is 3.55. The number of hydrogen-bond acceptors (Lipinski definition) is 4. The molecule has 0 unspecified atom stereocenters. The molecular weight excluding hydrogens is 228 g/mol. The molecule has 5 nitrogen and oxygen atoms in total. The summed E-state index contributed by atoms with van der Waals surface area (Å²) in [7, 11) is -3.59. The molecule has 0 saturated carbocycles. The third-order valence-electron chi connectivity index (χ3n) is 1.70. The number of nitrogens with zero attached hydrogens (tertiary/aromatic N) is 1. The first-order valence-corrected chi connectivity index (χ1v) is 6.33. The summed E-state index contributed by atoms with van der Waals surface area (Å²) >= 11 is 0. The Balaban J connectivity index is 2.99. The SMILES string of the molecule is CC(C)(C)NS(=O)(=O)c1ccc(CO)cn1. The van der Waals surface area contributed by atoms with E-state index >= 15 is 0 Å². The highest BCUT2D eigenvalue weighted by molar-refractivity contribution is 7.89. The third-order valence-corrected chi connectivity index (χ3v) is 3.37. The Bertz CT molecular complexity index is 446. The average Bonchev–Trinajstić information content (AvgIpc) is 2.14. The van der Waals surface area contributed by atoms with Crippen LogP contribution in [-0.4, -0.2) is 24.0 Å². The molecule has 0 bridgehead atoms. The van der Waals surface area contributed by atoms with E-state index in [0.717, 1.165) is 0 Å². The predicted molar refractivity (Wildman–Crippen MR) is 60.2 cm³/mol. The van der Waals surface area contributed by atoms with Crippen LogP contribution in [0.3, 0.4) is 0 Å². The zero-order valence-electron chi connectivity index (χ0n) is 9.56. The van der Waals surface area contributed by atoms with Gasteiger partial charge in [0, 0.05) is 11.7 Å². The Labute approximate surface area is 95.6 Å².